The van der Waals surface area contributed by atoms with Crippen molar-refractivity contribution in [2.75, 3.05) is 26.2 Å². The summed E-state index contributed by atoms with van der Waals surface area (Å²) in [5.41, 5.74) is -0.154. The number of hydrogen-bond acceptors (Lipinski definition) is 5. The van der Waals surface area contributed by atoms with Crippen LogP contribution in [0.2, 0.25) is 0 Å². The lowest BCUT2D eigenvalue weighted by molar-refractivity contribution is 0.0924. The molecule has 0 radical (unpaired) electrons. The fourth-order valence-corrected chi connectivity index (χ4v) is 2.08. The van der Waals surface area contributed by atoms with Crippen LogP contribution in [0.3, 0.4) is 0 Å². The number of aromatic nitrogens is 2. The van der Waals surface area contributed by atoms with Gasteiger partial charge < -0.3 is 9.84 Å². The molecule has 0 spiro atoms. The standard InChI is InChI=1S/C12H22N4O/c1-9(2)10-14-11(15-17-10)12(3,4)16-7-5-13-6-8-16/h9,13H,5-8H2,1-4H3. The van der Waals surface area contributed by atoms with E-state index in [1.165, 1.54) is 0 Å². The molecule has 17 heavy (non-hydrogen) atoms. The quantitative estimate of drug-likeness (QED) is 0.861. The Labute approximate surface area is 103 Å². The first-order chi connectivity index (χ1) is 8.01. The van der Waals surface area contributed by atoms with Gasteiger partial charge in [0.2, 0.25) is 5.89 Å². The van der Waals surface area contributed by atoms with E-state index in [4.69, 9.17) is 4.52 Å². The molecule has 1 aromatic heterocycles. The van der Waals surface area contributed by atoms with E-state index in [-0.39, 0.29) is 11.5 Å². The van der Waals surface area contributed by atoms with Gasteiger partial charge in [-0.05, 0) is 13.8 Å². The predicted octanol–water partition coefficient (Wildman–Crippen LogP) is 1.33. The van der Waals surface area contributed by atoms with E-state index in [0.717, 1.165) is 37.9 Å². The fraction of sp³-hybridized carbons (Fsp3) is 0.833. The molecule has 0 unspecified atom stereocenters. The van der Waals surface area contributed by atoms with E-state index >= 15 is 0 Å². The van der Waals surface area contributed by atoms with Crippen molar-refractivity contribution in [3.63, 3.8) is 0 Å². The van der Waals surface area contributed by atoms with E-state index in [0.29, 0.717) is 0 Å². The van der Waals surface area contributed by atoms with Gasteiger partial charge in [-0.3, -0.25) is 4.90 Å². The Balaban J connectivity index is 2.17. The van der Waals surface area contributed by atoms with Crippen LogP contribution in [0.15, 0.2) is 4.52 Å². The van der Waals surface area contributed by atoms with E-state index in [1.54, 1.807) is 0 Å². The summed E-state index contributed by atoms with van der Waals surface area (Å²) in [7, 11) is 0. The molecule has 2 rings (SSSR count). The van der Waals surface area contributed by atoms with Crippen molar-refractivity contribution in [1.29, 1.82) is 0 Å². The first-order valence-corrected chi connectivity index (χ1v) is 6.31. The molecule has 2 heterocycles. The van der Waals surface area contributed by atoms with Crippen LogP contribution in [0.4, 0.5) is 0 Å². The highest BCUT2D eigenvalue weighted by Gasteiger charge is 2.34. The second kappa shape index (κ2) is 4.74. The van der Waals surface area contributed by atoms with Gasteiger partial charge >= 0.3 is 0 Å². The summed E-state index contributed by atoms with van der Waals surface area (Å²) in [5, 5.41) is 7.49. The summed E-state index contributed by atoms with van der Waals surface area (Å²) in [6.45, 7) is 12.6. The Bertz CT molecular complexity index is 366. The number of nitrogens with zero attached hydrogens (tertiary/aromatic N) is 3. The highest BCUT2D eigenvalue weighted by atomic mass is 16.5. The lowest BCUT2D eigenvalue weighted by Gasteiger charge is -2.38. The van der Waals surface area contributed by atoms with Crippen molar-refractivity contribution < 1.29 is 4.52 Å². The van der Waals surface area contributed by atoms with Crippen molar-refractivity contribution in [3.8, 4) is 0 Å². The summed E-state index contributed by atoms with van der Waals surface area (Å²) < 4.78 is 5.30. The van der Waals surface area contributed by atoms with E-state index in [1.807, 2.05) is 0 Å². The molecule has 96 valence electrons. The second-order valence-electron chi connectivity index (χ2n) is 5.41. The number of piperazine rings is 1. The molecule has 1 aliphatic heterocycles. The van der Waals surface area contributed by atoms with Gasteiger partial charge in [-0.1, -0.05) is 19.0 Å². The molecule has 1 saturated heterocycles. The molecule has 1 N–H and O–H groups in total. The van der Waals surface area contributed by atoms with Crippen LogP contribution < -0.4 is 5.32 Å². The Morgan fingerprint density at radius 1 is 1.29 bits per heavy atom. The third-order valence-corrected chi connectivity index (χ3v) is 3.39. The molecule has 5 nitrogen and oxygen atoms in total. The minimum absolute atomic E-state index is 0.154. The fourth-order valence-electron chi connectivity index (χ4n) is 2.08. The molecule has 0 amide bonds. The highest BCUT2D eigenvalue weighted by Crippen LogP contribution is 2.26. The zero-order valence-electron chi connectivity index (χ0n) is 11.2. The van der Waals surface area contributed by atoms with E-state index < -0.39 is 0 Å². The molecular weight excluding hydrogens is 216 g/mol. The van der Waals surface area contributed by atoms with E-state index in [9.17, 15) is 0 Å². The van der Waals surface area contributed by atoms with Crippen molar-refractivity contribution in [2.45, 2.75) is 39.2 Å². The maximum absolute atomic E-state index is 5.30. The van der Waals surface area contributed by atoms with Crippen molar-refractivity contribution in [2.24, 2.45) is 0 Å². The molecule has 1 aromatic rings. The first-order valence-electron chi connectivity index (χ1n) is 6.31. The summed E-state index contributed by atoms with van der Waals surface area (Å²) in [4.78, 5) is 6.92. The Morgan fingerprint density at radius 3 is 2.47 bits per heavy atom. The van der Waals surface area contributed by atoms with Crippen LogP contribution in [0.5, 0.6) is 0 Å². The van der Waals surface area contributed by atoms with Gasteiger partial charge in [-0.15, -0.1) is 0 Å². The van der Waals surface area contributed by atoms with Gasteiger partial charge in [-0.2, -0.15) is 4.98 Å². The lowest BCUT2D eigenvalue weighted by atomic mass is 10.0. The molecular formula is C12H22N4O. The van der Waals surface area contributed by atoms with Crippen LogP contribution in [0.25, 0.3) is 0 Å². The van der Waals surface area contributed by atoms with Crippen molar-refractivity contribution >= 4 is 0 Å². The topological polar surface area (TPSA) is 54.2 Å². The monoisotopic (exact) mass is 238 g/mol. The molecule has 1 aliphatic rings. The van der Waals surface area contributed by atoms with Gasteiger partial charge in [0.1, 0.15) is 0 Å². The number of rotatable bonds is 3. The number of nitrogens with one attached hydrogen (secondary N) is 1. The van der Waals surface area contributed by atoms with Crippen LogP contribution in [-0.4, -0.2) is 41.2 Å². The normalized spacial score (nSPS) is 18.9. The largest absolute Gasteiger partial charge is 0.339 e. The SMILES string of the molecule is CC(C)c1nc(C(C)(C)N2CCNCC2)no1. The smallest absolute Gasteiger partial charge is 0.229 e. The Kier molecular flexibility index (Phi) is 3.49. The number of hydrogen-bond donors (Lipinski definition) is 1. The minimum atomic E-state index is -0.154. The summed E-state index contributed by atoms with van der Waals surface area (Å²) >= 11 is 0. The molecule has 5 heteroatoms. The van der Waals surface area contributed by atoms with Gasteiger partial charge in [0, 0.05) is 32.1 Å². The second-order valence-corrected chi connectivity index (χ2v) is 5.41. The van der Waals surface area contributed by atoms with Crippen LogP contribution in [0.1, 0.15) is 45.3 Å². The average Bonchev–Trinajstić information content (AvgIpc) is 2.80. The van der Waals surface area contributed by atoms with Crippen molar-refractivity contribution in [1.82, 2.24) is 20.4 Å². The third-order valence-electron chi connectivity index (χ3n) is 3.39. The van der Waals surface area contributed by atoms with Gasteiger partial charge in [0.25, 0.3) is 0 Å². The van der Waals surface area contributed by atoms with Crippen molar-refractivity contribution in [3.05, 3.63) is 11.7 Å². The zero-order chi connectivity index (χ0) is 12.5. The molecule has 0 aromatic carbocycles. The zero-order valence-corrected chi connectivity index (χ0v) is 11.2. The van der Waals surface area contributed by atoms with Gasteiger partial charge in [0.05, 0.1) is 5.54 Å². The summed E-state index contributed by atoms with van der Waals surface area (Å²) in [6, 6.07) is 0. The molecule has 0 aliphatic carbocycles. The summed E-state index contributed by atoms with van der Waals surface area (Å²) in [6.07, 6.45) is 0. The molecule has 0 saturated carbocycles. The molecule has 0 bridgehead atoms. The van der Waals surface area contributed by atoms with Crippen LogP contribution in [-0.2, 0) is 5.54 Å². The predicted molar refractivity (Wildman–Crippen MR) is 65.9 cm³/mol. The maximum Gasteiger partial charge on any atom is 0.229 e. The lowest BCUT2D eigenvalue weighted by Crippen LogP contribution is -2.52. The van der Waals surface area contributed by atoms with E-state index in [2.05, 4.69) is 48.1 Å². The van der Waals surface area contributed by atoms with Gasteiger partial charge in [0.15, 0.2) is 5.82 Å². The van der Waals surface area contributed by atoms with Crippen LogP contribution >= 0.6 is 0 Å². The third kappa shape index (κ3) is 2.50. The Morgan fingerprint density at radius 2 is 1.94 bits per heavy atom. The molecule has 0 atom stereocenters. The Hall–Kier alpha value is -0.940. The van der Waals surface area contributed by atoms with Gasteiger partial charge in [-0.25, -0.2) is 0 Å². The average molecular weight is 238 g/mol. The summed E-state index contributed by atoms with van der Waals surface area (Å²) in [5.74, 6) is 1.81. The van der Waals surface area contributed by atoms with Crippen LogP contribution in [0, 0.1) is 0 Å². The highest BCUT2D eigenvalue weighted by molar-refractivity contribution is 5.04. The molecule has 1 fully saturated rings. The maximum atomic E-state index is 5.30. The first kappa shape index (κ1) is 12.5. The minimum Gasteiger partial charge on any atom is -0.339 e.